The molecule has 5 nitrogen and oxygen atoms in total. The number of benzene rings is 2. The lowest BCUT2D eigenvalue weighted by Crippen LogP contribution is -2.27. The van der Waals surface area contributed by atoms with Gasteiger partial charge < -0.3 is 15.7 Å². The molecular formula is C19H19N3O2. The van der Waals surface area contributed by atoms with Crippen LogP contribution in [-0.4, -0.2) is 17.6 Å². The van der Waals surface area contributed by atoms with E-state index in [4.69, 9.17) is 5.26 Å². The molecule has 5 heteroatoms. The number of anilines is 1. The molecule has 2 aromatic carbocycles. The third-order valence-electron chi connectivity index (χ3n) is 3.49. The Bertz CT molecular complexity index is 777. The number of phenols is 1. The lowest BCUT2D eigenvalue weighted by atomic mass is 10.1. The number of hydrogen-bond donors (Lipinski definition) is 3. The summed E-state index contributed by atoms with van der Waals surface area (Å²) in [6.45, 7) is 2.28. The standard InChI is InChI=1S/C19H19N3O2/c1-14-11-17(23)7-8-18(14)22-13-16(12-20)19(24)21-10-9-15-5-3-2-4-6-15/h2-8,11,13,22-23H,9-10H2,1H3,(H,21,24)/b16-13-. The molecule has 0 spiro atoms. The van der Waals surface area contributed by atoms with Crippen LogP contribution < -0.4 is 10.6 Å². The molecule has 0 atom stereocenters. The molecule has 0 bridgehead atoms. The fraction of sp³-hybridized carbons (Fsp3) is 0.158. The number of aromatic hydroxyl groups is 1. The van der Waals surface area contributed by atoms with E-state index in [0.717, 1.165) is 16.8 Å². The highest BCUT2D eigenvalue weighted by atomic mass is 16.3. The topological polar surface area (TPSA) is 85.2 Å². The van der Waals surface area contributed by atoms with Crippen molar-refractivity contribution in [3.8, 4) is 11.8 Å². The quantitative estimate of drug-likeness (QED) is 0.434. The molecule has 0 radical (unpaired) electrons. The molecule has 0 aliphatic carbocycles. The van der Waals surface area contributed by atoms with Crippen molar-refractivity contribution in [1.82, 2.24) is 5.32 Å². The van der Waals surface area contributed by atoms with Crippen molar-refractivity contribution in [2.24, 2.45) is 0 Å². The van der Waals surface area contributed by atoms with Gasteiger partial charge in [-0.25, -0.2) is 0 Å². The van der Waals surface area contributed by atoms with Crippen LogP contribution in [-0.2, 0) is 11.2 Å². The molecule has 0 aliphatic rings. The molecule has 0 heterocycles. The summed E-state index contributed by atoms with van der Waals surface area (Å²) < 4.78 is 0. The van der Waals surface area contributed by atoms with Crippen molar-refractivity contribution in [1.29, 1.82) is 5.26 Å². The second kappa shape index (κ2) is 8.39. The lowest BCUT2D eigenvalue weighted by Gasteiger charge is -2.07. The molecule has 2 rings (SSSR count). The Hall–Kier alpha value is -3.26. The Labute approximate surface area is 141 Å². The van der Waals surface area contributed by atoms with Gasteiger partial charge in [0.15, 0.2) is 0 Å². The van der Waals surface area contributed by atoms with Crippen molar-refractivity contribution < 1.29 is 9.90 Å². The Balaban J connectivity index is 1.92. The van der Waals surface area contributed by atoms with E-state index in [2.05, 4.69) is 10.6 Å². The summed E-state index contributed by atoms with van der Waals surface area (Å²) in [4.78, 5) is 12.0. The monoisotopic (exact) mass is 321 g/mol. The molecule has 24 heavy (non-hydrogen) atoms. The second-order valence-corrected chi connectivity index (χ2v) is 5.30. The molecule has 0 fully saturated rings. The van der Waals surface area contributed by atoms with Crippen LogP contribution >= 0.6 is 0 Å². The number of nitrogens with one attached hydrogen (secondary N) is 2. The first-order valence-corrected chi connectivity index (χ1v) is 7.58. The lowest BCUT2D eigenvalue weighted by molar-refractivity contribution is -0.117. The number of carbonyl (C=O) groups excluding carboxylic acids is 1. The summed E-state index contributed by atoms with van der Waals surface area (Å²) in [5, 5.41) is 24.2. The zero-order valence-corrected chi connectivity index (χ0v) is 13.4. The van der Waals surface area contributed by atoms with Gasteiger partial charge in [-0.15, -0.1) is 0 Å². The number of nitrogens with zero attached hydrogens (tertiary/aromatic N) is 1. The number of amides is 1. The van der Waals surface area contributed by atoms with Crippen molar-refractivity contribution in [3.63, 3.8) is 0 Å². The van der Waals surface area contributed by atoms with Crippen molar-refractivity contribution in [2.45, 2.75) is 13.3 Å². The minimum absolute atomic E-state index is 0.00413. The normalized spacial score (nSPS) is 10.8. The third kappa shape index (κ3) is 4.89. The van der Waals surface area contributed by atoms with E-state index in [1.54, 1.807) is 12.1 Å². The zero-order chi connectivity index (χ0) is 17.4. The maximum Gasteiger partial charge on any atom is 0.263 e. The van der Waals surface area contributed by atoms with Crippen LogP contribution in [0.3, 0.4) is 0 Å². The number of phenolic OH excluding ortho intramolecular Hbond substituents is 1. The van der Waals surface area contributed by atoms with Gasteiger partial charge in [-0.2, -0.15) is 5.26 Å². The Morgan fingerprint density at radius 2 is 2.00 bits per heavy atom. The highest BCUT2D eigenvalue weighted by Gasteiger charge is 2.08. The van der Waals surface area contributed by atoms with Gasteiger partial charge in [-0.05, 0) is 42.7 Å². The van der Waals surface area contributed by atoms with E-state index >= 15 is 0 Å². The SMILES string of the molecule is Cc1cc(O)ccc1N/C=C(/C#N)C(=O)NCCc1ccccc1. The van der Waals surface area contributed by atoms with Gasteiger partial charge in [-0.3, -0.25) is 4.79 Å². The van der Waals surface area contributed by atoms with E-state index in [0.29, 0.717) is 13.0 Å². The van der Waals surface area contributed by atoms with Crippen LogP contribution in [0.25, 0.3) is 0 Å². The maximum atomic E-state index is 12.0. The number of nitriles is 1. The van der Waals surface area contributed by atoms with Crippen LogP contribution in [0.4, 0.5) is 5.69 Å². The van der Waals surface area contributed by atoms with Crippen LogP contribution in [0.15, 0.2) is 60.3 Å². The van der Waals surface area contributed by atoms with Crippen LogP contribution in [0.2, 0.25) is 0 Å². The fourth-order valence-corrected chi connectivity index (χ4v) is 2.17. The summed E-state index contributed by atoms with van der Waals surface area (Å²) in [7, 11) is 0. The smallest absolute Gasteiger partial charge is 0.263 e. The van der Waals surface area contributed by atoms with Gasteiger partial charge in [0.2, 0.25) is 0 Å². The third-order valence-corrected chi connectivity index (χ3v) is 3.49. The molecule has 1 amide bonds. The first-order valence-electron chi connectivity index (χ1n) is 7.58. The van der Waals surface area contributed by atoms with Crippen LogP contribution in [0, 0.1) is 18.3 Å². The van der Waals surface area contributed by atoms with E-state index in [1.165, 1.54) is 12.3 Å². The van der Waals surface area contributed by atoms with Crippen LogP contribution in [0.5, 0.6) is 5.75 Å². The van der Waals surface area contributed by atoms with Gasteiger partial charge in [0.05, 0.1) is 0 Å². The van der Waals surface area contributed by atoms with Gasteiger partial charge >= 0.3 is 0 Å². The highest BCUT2D eigenvalue weighted by molar-refractivity contribution is 5.97. The summed E-state index contributed by atoms with van der Waals surface area (Å²) in [5.41, 5.74) is 2.65. The largest absolute Gasteiger partial charge is 0.508 e. The predicted molar refractivity (Wildman–Crippen MR) is 93.3 cm³/mol. The van der Waals surface area contributed by atoms with E-state index in [-0.39, 0.29) is 11.3 Å². The first kappa shape index (κ1) is 17.1. The van der Waals surface area contributed by atoms with Gasteiger partial charge in [-0.1, -0.05) is 30.3 Å². The summed E-state index contributed by atoms with van der Waals surface area (Å²) >= 11 is 0. The average molecular weight is 321 g/mol. The molecule has 2 aromatic rings. The number of carbonyl (C=O) groups is 1. The first-order chi connectivity index (χ1) is 11.6. The number of hydrogen-bond acceptors (Lipinski definition) is 4. The Morgan fingerprint density at radius 1 is 1.25 bits per heavy atom. The van der Waals surface area contributed by atoms with Crippen molar-refractivity contribution >= 4 is 11.6 Å². The predicted octanol–water partition coefficient (Wildman–Crippen LogP) is 2.88. The average Bonchev–Trinajstić information content (AvgIpc) is 2.58. The van der Waals surface area contributed by atoms with Gasteiger partial charge in [0.25, 0.3) is 5.91 Å². The number of rotatable bonds is 6. The van der Waals surface area contributed by atoms with E-state index in [1.807, 2.05) is 43.3 Å². The van der Waals surface area contributed by atoms with E-state index < -0.39 is 5.91 Å². The van der Waals surface area contributed by atoms with Crippen molar-refractivity contribution in [2.75, 3.05) is 11.9 Å². The van der Waals surface area contributed by atoms with Gasteiger partial charge in [0.1, 0.15) is 17.4 Å². The maximum absolute atomic E-state index is 12.0. The summed E-state index contributed by atoms with van der Waals surface area (Å²) in [6, 6.07) is 16.5. The molecule has 0 saturated heterocycles. The summed E-state index contributed by atoms with van der Waals surface area (Å²) in [5.74, 6) is -0.251. The van der Waals surface area contributed by atoms with Crippen LogP contribution in [0.1, 0.15) is 11.1 Å². The molecule has 0 aliphatic heterocycles. The number of aryl methyl sites for hydroxylation is 1. The molecule has 3 N–H and O–H groups in total. The van der Waals surface area contributed by atoms with E-state index in [9.17, 15) is 9.90 Å². The molecule has 0 unspecified atom stereocenters. The zero-order valence-electron chi connectivity index (χ0n) is 13.4. The second-order valence-electron chi connectivity index (χ2n) is 5.30. The van der Waals surface area contributed by atoms with Gasteiger partial charge in [0, 0.05) is 18.4 Å². The molecular weight excluding hydrogens is 302 g/mol. The minimum atomic E-state index is -0.419. The Kier molecular flexibility index (Phi) is 5.98. The fourth-order valence-electron chi connectivity index (χ4n) is 2.17. The minimum Gasteiger partial charge on any atom is -0.508 e. The molecule has 122 valence electrons. The van der Waals surface area contributed by atoms with Crippen molar-refractivity contribution in [3.05, 3.63) is 71.4 Å². The summed E-state index contributed by atoms with van der Waals surface area (Å²) in [6.07, 6.45) is 2.08. The molecule has 0 saturated carbocycles. The molecule has 0 aromatic heterocycles. The highest BCUT2D eigenvalue weighted by Crippen LogP contribution is 2.20. The Morgan fingerprint density at radius 3 is 2.67 bits per heavy atom.